The summed E-state index contributed by atoms with van der Waals surface area (Å²) in [4.78, 5) is 11.2. The Hall–Kier alpha value is -2.03. The molecule has 0 unspecified atom stereocenters. The molecular weight excluding hydrogens is 214 g/mol. The zero-order chi connectivity index (χ0) is 12.8. The van der Waals surface area contributed by atoms with Crippen LogP contribution in [0, 0.1) is 0 Å². The lowest BCUT2D eigenvalue weighted by Crippen LogP contribution is -2.06. The summed E-state index contributed by atoms with van der Waals surface area (Å²) in [6.07, 6.45) is 1.95. The lowest BCUT2D eigenvalue weighted by molar-refractivity contribution is -0.137. The molecule has 0 saturated carbocycles. The van der Waals surface area contributed by atoms with Crippen molar-refractivity contribution in [2.45, 2.75) is 13.8 Å². The number of hydrogen-bond acceptors (Lipinski definition) is 3. The Morgan fingerprint density at radius 1 is 1.35 bits per heavy atom. The first-order valence-electron chi connectivity index (χ1n) is 5.34. The molecule has 3 heteroatoms. The largest absolute Gasteiger partial charge is 0.458 e. The highest BCUT2D eigenvalue weighted by molar-refractivity contribution is 5.87. The molecule has 0 aliphatic carbocycles. The summed E-state index contributed by atoms with van der Waals surface area (Å²) in [5.41, 5.74) is 8.72. The van der Waals surface area contributed by atoms with E-state index in [1.54, 1.807) is 6.92 Å². The van der Waals surface area contributed by atoms with Gasteiger partial charge in [-0.3, -0.25) is 0 Å². The van der Waals surface area contributed by atoms with Gasteiger partial charge in [0.25, 0.3) is 0 Å². The summed E-state index contributed by atoms with van der Waals surface area (Å²) in [5.74, 6) is -0.366. The number of ether oxygens (including phenoxy) is 1. The van der Waals surface area contributed by atoms with Crippen molar-refractivity contribution in [3.8, 4) is 0 Å². The second-order valence-corrected chi connectivity index (χ2v) is 4.01. The molecule has 0 aromatic heterocycles. The molecule has 1 aromatic carbocycles. The summed E-state index contributed by atoms with van der Waals surface area (Å²) >= 11 is 0. The summed E-state index contributed by atoms with van der Waals surface area (Å²) in [6.45, 7) is 7.32. The van der Waals surface area contributed by atoms with Crippen LogP contribution in [0.1, 0.15) is 19.4 Å². The Bertz CT molecular complexity index is 444. The molecule has 1 rings (SSSR count). The molecule has 2 N–H and O–H groups in total. The molecule has 3 nitrogen and oxygen atoms in total. The SMILES string of the molecule is C=C(C)C(=O)OC/C(C)=C/c1ccc(N)cc1. The van der Waals surface area contributed by atoms with Crippen LogP contribution in [0.15, 0.2) is 42.0 Å². The van der Waals surface area contributed by atoms with E-state index in [0.29, 0.717) is 5.57 Å². The highest BCUT2D eigenvalue weighted by Crippen LogP contribution is 2.10. The topological polar surface area (TPSA) is 52.3 Å². The Kier molecular flexibility index (Phi) is 4.52. The van der Waals surface area contributed by atoms with Crippen molar-refractivity contribution in [1.29, 1.82) is 0 Å². The van der Waals surface area contributed by atoms with Crippen molar-refractivity contribution in [3.63, 3.8) is 0 Å². The number of benzene rings is 1. The first-order chi connectivity index (χ1) is 7.99. The van der Waals surface area contributed by atoms with Gasteiger partial charge in [-0.05, 0) is 37.1 Å². The second-order valence-electron chi connectivity index (χ2n) is 4.01. The van der Waals surface area contributed by atoms with Gasteiger partial charge in [-0.15, -0.1) is 0 Å². The van der Waals surface area contributed by atoms with E-state index in [1.807, 2.05) is 37.3 Å². The highest BCUT2D eigenvalue weighted by Gasteiger charge is 2.02. The first kappa shape index (κ1) is 13.0. The third-order valence-corrected chi connectivity index (χ3v) is 2.13. The van der Waals surface area contributed by atoms with E-state index in [9.17, 15) is 4.79 Å². The van der Waals surface area contributed by atoms with E-state index in [0.717, 1.165) is 16.8 Å². The predicted molar refractivity (Wildman–Crippen MR) is 70.3 cm³/mol. The molecule has 0 bridgehead atoms. The number of nitrogen functional groups attached to an aromatic ring is 1. The number of carbonyl (C=O) groups is 1. The number of hydrogen-bond donors (Lipinski definition) is 1. The number of rotatable bonds is 4. The lowest BCUT2D eigenvalue weighted by Gasteiger charge is -2.04. The Morgan fingerprint density at radius 3 is 2.47 bits per heavy atom. The number of anilines is 1. The van der Waals surface area contributed by atoms with Crippen molar-refractivity contribution >= 4 is 17.7 Å². The second kappa shape index (κ2) is 5.89. The van der Waals surface area contributed by atoms with Crippen LogP contribution >= 0.6 is 0 Å². The van der Waals surface area contributed by atoms with Crippen molar-refractivity contribution in [3.05, 3.63) is 47.6 Å². The minimum Gasteiger partial charge on any atom is -0.458 e. The zero-order valence-corrected chi connectivity index (χ0v) is 10.2. The smallest absolute Gasteiger partial charge is 0.333 e. The van der Waals surface area contributed by atoms with Crippen LogP contribution in [0.3, 0.4) is 0 Å². The van der Waals surface area contributed by atoms with E-state index in [4.69, 9.17) is 10.5 Å². The summed E-state index contributed by atoms with van der Waals surface area (Å²) in [7, 11) is 0. The van der Waals surface area contributed by atoms with Gasteiger partial charge < -0.3 is 10.5 Å². The Labute approximate surface area is 102 Å². The number of nitrogens with two attached hydrogens (primary N) is 1. The minimum atomic E-state index is -0.366. The van der Waals surface area contributed by atoms with Crippen LogP contribution in [0.5, 0.6) is 0 Å². The average Bonchev–Trinajstić information content (AvgIpc) is 2.29. The molecule has 0 fully saturated rings. The van der Waals surface area contributed by atoms with Crippen molar-refractivity contribution in [2.75, 3.05) is 12.3 Å². The van der Waals surface area contributed by atoms with Crippen LogP contribution in [0.4, 0.5) is 5.69 Å². The highest BCUT2D eigenvalue weighted by atomic mass is 16.5. The maximum atomic E-state index is 11.2. The molecule has 0 radical (unpaired) electrons. The maximum absolute atomic E-state index is 11.2. The quantitative estimate of drug-likeness (QED) is 0.492. The normalized spacial score (nSPS) is 11.1. The third-order valence-electron chi connectivity index (χ3n) is 2.13. The van der Waals surface area contributed by atoms with E-state index in [2.05, 4.69) is 6.58 Å². The first-order valence-corrected chi connectivity index (χ1v) is 5.34. The van der Waals surface area contributed by atoms with Gasteiger partial charge in [-0.1, -0.05) is 24.8 Å². The number of esters is 1. The summed E-state index contributed by atoms with van der Waals surface area (Å²) in [5, 5.41) is 0. The third kappa shape index (κ3) is 4.55. The minimum absolute atomic E-state index is 0.274. The van der Waals surface area contributed by atoms with Gasteiger partial charge in [0.2, 0.25) is 0 Å². The van der Waals surface area contributed by atoms with Crippen molar-refractivity contribution in [2.24, 2.45) is 0 Å². The van der Waals surface area contributed by atoms with Crippen molar-refractivity contribution < 1.29 is 9.53 Å². The lowest BCUT2D eigenvalue weighted by atomic mass is 10.1. The molecule has 0 aliphatic heterocycles. The fourth-order valence-corrected chi connectivity index (χ4v) is 1.22. The molecule has 90 valence electrons. The maximum Gasteiger partial charge on any atom is 0.333 e. The Balaban J connectivity index is 2.58. The molecular formula is C14H17NO2. The standard InChI is InChI=1S/C14H17NO2/c1-10(2)14(16)17-9-11(3)8-12-4-6-13(15)7-5-12/h4-8H,1,9,15H2,2-3H3/b11-8+. The average molecular weight is 231 g/mol. The van der Waals surface area contributed by atoms with Crippen LogP contribution < -0.4 is 5.73 Å². The zero-order valence-electron chi connectivity index (χ0n) is 10.2. The molecule has 0 aliphatic rings. The molecule has 0 atom stereocenters. The van der Waals surface area contributed by atoms with Crippen LogP contribution in [0.2, 0.25) is 0 Å². The van der Waals surface area contributed by atoms with Crippen LogP contribution in [0.25, 0.3) is 6.08 Å². The number of carbonyl (C=O) groups excluding carboxylic acids is 1. The molecule has 0 saturated heterocycles. The molecule has 0 spiro atoms. The van der Waals surface area contributed by atoms with Gasteiger partial charge in [0, 0.05) is 11.3 Å². The van der Waals surface area contributed by atoms with E-state index < -0.39 is 0 Å². The monoisotopic (exact) mass is 231 g/mol. The molecule has 1 aromatic rings. The van der Waals surface area contributed by atoms with Crippen LogP contribution in [-0.2, 0) is 9.53 Å². The van der Waals surface area contributed by atoms with Crippen molar-refractivity contribution in [1.82, 2.24) is 0 Å². The molecule has 0 amide bonds. The van der Waals surface area contributed by atoms with Gasteiger partial charge in [0.15, 0.2) is 0 Å². The van der Waals surface area contributed by atoms with Gasteiger partial charge in [-0.25, -0.2) is 4.79 Å². The van der Waals surface area contributed by atoms with Crippen LogP contribution in [-0.4, -0.2) is 12.6 Å². The summed E-state index contributed by atoms with van der Waals surface area (Å²) in [6, 6.07) is 7.50. The van der Waals surface area contributed by atoms with Gasteiger partial charge in [0.05, 0.1) is 0 Å². The van der Waals surface area contributed by atoms with Gasteiger partial charge in [0.1, 0.15) is 6.61 Å². The van der Waals surface area contributed by atoms with E-state index in [1.165, 1.54) is 0 Å². The fourth-order valence-electron chi connectivity index (χ4n) is 1.22. The Morgan fingerprint density at radius 2 is 1.94 bits per heavy atom. The molecule has 17 heavy (non-hydrogen) atoms. The van der Waals surface area contributed by atoms with Gasteiger partial charge >= 0.3 is 5.97 Å². The predicted octanol–water partition coefficient (Wildman–Crippen LogP) is 2.79. The van der Waals surface area contributed by atoms with E-state index >= 15 is 0 Å². The van der Waals surface area contributed by atoms with Gasteiger partial charge in [-0.2, -0.15) is 0 Å². The van der Waals surface area contributed by atoms with E-state index in [-0.39, 0.29) is 12.6 Å². The summed E-state index contributed by atoms with van der Waals surface area (Å²) < 4.78 is 5.03. The molecule has 0 heterocycles. The fraction of sp³-hybridized carbons (Fsp3) is 0.214.